The summed E-state index contributed by atoms with van der Waals surface area (Å²) in [6.07, 6.45) is 0. The summed E-state index contributed by atoms with van der Waals surface area (Å²) >= 11 is 0. The number of carbonyl (C=O) groups excluding carboxylic acids is 4. The van der Waals surface area contributed by atoms with Gasteiger partial charge in [-0.2, -0.15) is 5.26 Å². The zero-order valence-corrected chi connectivity index (χ0v) is 15.2. The van der Waals surface area contributed by atoms with E-state index in [-0.39, 0.29) is 5.56 Å². The second kappa shape index (κ2) is 8.19. The lowest BCUT2D eigenvalue weighted by atomic mass is 10.1. The molecule has 3 amide bonds. The van der Waals surface area contributed by atoms with Gasteiger partial charge in [-0.25, -0.2) is 0 Å². The quantitative estimate of drug-likeness (QED) is 0.323. The number of esters is 1. The Hall–Kier alpha value is -4.59. The molecule has 0 bridgehead atoms. The van der Waals surface area contributed by atoms with Crippen molar-refractivity contribution in [1.29, 1.82) is 5.26 Å². The zero-order valence-electron chi connectivity index (χ0n) is 15.2. The highest BCUT2D eigenvalue weighted by atomic mass is 16.6. The average molecular weight is 408 g/mol. The monoisotopic (exact) mass is 408 g/mol. The third kappa shape index (κ3) is 3.97. The van der Waals surface area contributed by atoms with Crippen LogP contribution in [-0.2, 0) is 14.3 Å². The predicted molar refractivity (Wildman–Crippen MR) is 99.2 cm³/mol. The standard InChI is InChI=1S/C19H12N4O7/c20-8-11-3-1-4-12(7-11)21-15(24)10-30-16(25)9-22-18(26)13-5-2-6-14(23(28)29)17(13)19(22)27/h1-7H,9-10H2,(H,21,24). The van der Waals surface area contributed by atoms with Crippen LogP contribution in [0.5, 0.6) is 0 Å². The smallest absolute Gasteiger partial charge is 0.326 e. The van der Waals surface area contributed by atoms with E-state index in [0.29, 0.717) is 16.2 Å². The molecule has 1 aliphatic rings. The maximum absolute atomic E-state index is 12.4. The van der Waals surface area contributed by atoms with Crippen LogP contribution in [0, 0.1) is 21.4 Å². The van der Waals surface area contributed by atoms with Crippen molar-refractivity contribution in [3.63, 3.8) is 0 Å². The summed E-state index contributed by atoms with van der Waals surface area (Å²) in [6, 6.07) is 11.6. The molecule has 0 saturated heterocycles. The molecule has 0 aromatic heterocycles. The molecule has 0 fully saturated rings. The molecule has 0 aliphatic carbocycles. The van der Waals surface area contributed by atoms with Crippen molar-refractivity contribution < 1.29 is 28.8 Å². The maximum Gasteiger partial charge on any atom is 0.326 e. The Morgan fingerprint density at radius 1 is 1.17 bits per heavy atom. The van der Waals surface area contributed by atoms with E-state index in [1.165, 1.54) is 24.3 Å². The molecule has 0 spiro atoms. The van der Waals surface area contributed by atoms with Gasteiger partial charge in [-0.05, 0) is 24.3 Å². The van der Waals surface area contributed by atoms with Gasteiger partial charge in [-0.15, -0.1) is 0 Å². The minimum Gasteiger partial charge on any atom is -0.454 e. The van der Waals surface area contributed by atoms with Crippen molar-refractivity contribution in [2.75, 3.05) is 18.5 Å². The highest BCUT2D eigenvalue weighted by Crippen LogP contribution is 2.30. The third-order valence-corrected chi connectivity index (χ3v) is 4.10. The van der Waals surface area contributed by atoms with Gasteiger partial charge in [0.1, 0.15) is 12.1 Å². The molecule has 11 nitrogen and oxygen atoms in total. The van der Waals surface area contributed by atoms with E-state index >= 15 is 0 Å². The van der Waals surface area contributed by atoms with E-state index < -0.39 is 53.0 Å². The molecule has 0 radical (unpaired) electrons. The first-order valence-electron chi connectivity index (χ1n) is 8.41. The minimum atomic E-state index is -1.05. The number of nitro groups is 1. The SMILES string of the molecule is N#Cc1cccc(NC(=O)COC(=O)CN2C(=O)c3cccc([N+](=O)[O-])c3C2=O)c1. The molecule has 2 aromatic rings. The fourth-order valence-electron chi connectivity index (χ4n) is 2.80. The highest BCUT2D eigenvalue weighted by molar-refractivity contribution is 6.24. The van der Waals surface area contributed by atoms with Crippen LogP contribution >= 0.6 is 0 Å². The lowest BCUT2D eigenvalue weighted by Crippen LogP contribution is -2.36. The normalized spacial score (nSPS) is 12.2. The van der Waals surface area contributed by atoms with Crippen molar-refractivity contribution in [2.45, 2.75) is 0 Å². The van der Waals surface area contributed by atoms with Gasteiger partial charge in [-0.3, -0.25) is 34.2 Å². The maximum atomic E-state index is 12.4. The summed E-state index contributed by atoms with van der Waals surface area (Å²) in [5.74, 6) is -3.60. The minimum absolute atomic E-state index is 0.183. The van der Waals surface area contributed by atoms with Crippen molar-refractivity contribution >= 4 is 35.1 Å². The van der Waals surface area contributed by atoms with Gasteiger partial charge >= 0.3 is 5.97 Å². The Morgan fingerprint density at radius 3 is 2.60 bits per heavy atom. The molecule has 11 heteroatoms. The molecule has 150 valence electrons. The summed E-state index contributed by atoms with van der Waals surface area (Å²) in [7, 11) is 0. The number of carbonyl (C=O) groups is 4. The topological polar surface area (TPSA) is 160 Å². The first-order chi connectivity index (χ1) is 14.3. The van der Waals surface area contributed by atoms with Crippen molar-refractivity contribution in [2.24, 2.45) is 0 Å². The second-order valence-corrected chi connectivity index (χ2v) is 6.05. The van der Waals surface area contributed by atoms with E-state index in [0.717, 1.165) is 6.07 Å². The molecular weight excluding hydrogens is 396 g/mol. The highest BCUT2D eigenvalue weighted by Gasteiger charge is 2.41. The largest absolute Gasteiger partial charge is 0.454 e. The van der Waals surface area contributed by atoms with Crippen LogP contribution in [0.4, 0.5) is 11.4 Å². The first kappa shape index (κ1) is 20.2. The molecule has 3 rings (SSSR count). The number of anilines is 1. The third-order valence-electron chi connectivity index (χ3n) is 4.10. The molecule has 30 heavy (non-hydrogen) atoms. The summed E-state index contributed by atoms with van der Waals surface area (Å²) < 4.78 is 4.77. The summed E-state index contributed by atoms with van der Waals surface area (Å²) in [4.78, 5) is 59.4. The van der Waals surface area contributed by atoms with E-state index in [4.69, 9.17) is 10.00 Å². The molecular formula is C19H12N4O7. The van der Waals surface area contributed by atoms with E-state index in [2.05, 4.69) is 5.32 Å². The number of benzene rings is 2. The van der Waals surface area contributed by atoms with Crippen molar-refractivity contribution in [3.8, 4) is 6.07 Å². The van der Waals surface area contributed by atoms with E-state index in [1.54, 1.807) is 12.1 Å². The number of hydrogen-bond donors (Lipinski definition) is 1. The summed E-state index contributed by atoms with van der Waals surface area (Å²) in [5.41, 5.74) is -0.472. The van der Waals surface area contributed by atoms with Crippen LogP contribution in [0.2, 0.25) is 0 Å². The molecule has 2 aromatic carbocycles. The Bertz CT molecular complexity index is 1140. The summed E-state index contributed by atoms with van der Waals surface area (Å²) in [5, 5.41) is 22.3. The lowest BCUT2D eigenvalue weighted by Gasteiger charge is -2.13. The van der Waals surface area contributed by atoms with Crippen molar-refractivity contribution in [1.82, 2.24) is 4.90 Å². The Labute approximate surface area is 168 Å². The number of amides is 3. The molecule has 0 atom stereocenters. The number of nitriles is 1. The van der Waals surface area contributed by atoms with Crippen LogP contribution in [0.1, 0.15) is 26.3 Å². The zero-order chi connectivity index (χ0) is 21.8. The van der Waals surface area contributed by atoms with Crippen LogP contribution in [0.3, 0.4) is 0 Å². The van der Waals surface area contributed by atoms with Crippen LogP contribution in [-0.4, -0.2) is 46.7 Å². The number of imide groups is 1. The summed E-state index contributed by atoms with van der Waals surface area (Å²) in [6.45, 7) is -1.50. The predicted octanol–water partition coefficient (Wildman–Crippen LogP) is 1.24. The van der Waals surface area contributed by atoms with Gasteiger partial charge in [-0.1, -0.05) is 12.1 Å². The lowest BCUT2D eigenvalue weighted by molar-refractivity contribution is -0.385. The molecule has 0 unspecified atom stereocenters. The average Bonchev–Trinajstić information content (AvgIpc) is 2.97. The number of hydrogen-bond acceptors (Lipinski definition) is 8. The van der Waals surface area contributed by atoms with Crippen LogP contribution in [0.25, 0.3) is 0 Å². The molecule has 1 aliphatic heterocycles. The number of nitrogens with zero attached hydrogens (tertiary/aromatic N) is 3. The van der Waals surface area contributed by atoms with E-state index in [9.17, 15) is 29.3 Å². The van der Waals surface area contributed by atoms with Gasteiger partial charge in [0.25, 0.3) is 23.4 Å². The van der Waals surface area contributed by atoms with Gasteiger partial charge in [0.2, 0.25) is 0 Å². The first-order valence-corrected chi connectivity index (χ1v) is 8.41. The Morgan fingerprint density at radius 2 is 1.90 bits per heavy atom. The number of fused-ring (bicyclic) bond motifs is 1. The van der Waals surface area contributed by atoms with Crippen molar-refractivity contribution in [3.05, 3.63) is 69.3 Å². The Balaban J connectivity index is 1.60. The van der Waals surface area contributed by atoms with Gasteiger partial charge in [0, 0.05) is 11.8 Å². The number of ether oxygens (including phenoxy) is 1. The van der Waals surface area contributed by atoms with E-state index in [1.807, 2.05) is 6.07 Å². The van der Waals surface area contributed by atoms with Gasteiger partial charge in [0.15, 0.2) is 6.61 Å². The van der Waals surface area contributed by atoms with Gasteiger partial charge in [0.05, 0.1) is 22.1 Å². The molecule has 1 heterocycles. The fraction of sp³-hybridized carbons (Fsp3) is 0.105. The number of nitro benzene ring substituents is 1. The van der Waals surface area contributed by atoms with Gasteiger partial charge < -0.3 is 10.1 Å². The Kier molecular flexibility index (Phi) is 5.50. The van der Waals surface area contributed by atoms with Crippen LogP contribution < -0.4 is 5.32 Å². The molecule has 1 N–H and O–H groups in total. The molecule has 0 saturated carbocycles. The second-order valence-electron chi connectivity index (χ2n) is 6.05. The fourth-order valence-corrected chi connectivity index (χ4v) is 2.80. The van der Waals surface area contributed by atoms with Crippen LogP contribution in [0.15, 0.2) is 42.5 Å². The number of nitrogens with one attached hydrogen (secondary N) is 1. The number of rotatable bonds is 6.